The summed E-state index contributed by atoms with van der Waals surface area (Å²) in [5.74, 6) is 1.27. The topological polar surface area (TPSA) is 18.5 Å². The molecule has 0 bridgehead atoms. The first-order chi connectivity index (χ1) is 12.8. The zero-order valence-corrected chi connectivity index (χ0v) is 15.9. The van der Waals surface area contributed by atoms with Crippen LogP contribution in [0.5, 0.6) is 0 Å². The second-order valence-corrected chi connectivity index (χ2v) is 7.62. The van der Waals surface area contributed by atoms with Crippen LogP contribution in [0.1, 0.15) is 56.1 Å². The van der Waals surface area contributed by atoms with Crippen LogP contribution in [0.2, 0.25) is 0 Å². The van der Waals surface area contributed by atoms with Gasteiger partial charge in [-0.15, -0.1) is 0 Å². The quantitative estimate of drug-likeness (QED) is 0.617. The molecule has 0 saturated heterocycles. The van der Waals surface area contributed by atoms with Crippen molar-refractivity contribution in [3.05, 3.63) is 71.8 Å². The second-order valence-electron chi connectivity index (χ2n) is 7.62. The fraction of sp³-hybridized carbons (Fsp3) is 0.500. The molecule has 2 aromatic rings. The fourth-order valence-corrected chi connectivity index (χ4v) is 5.77. The highest BCUT2D eigenvalue weighted by molar-refractivity contribution is 5.35. The monoisotopic (exact) mass is 350 g/mol. The lowest BCUT2D eigenvalue weighted by molar-refractivity contribution is -0.251. The maximum absolute atomic E-state index is 6.58. The minimum absolute atomic E-state index is 0.293. The van der Waals surface area contributed by atoms with Gasteiger partial charge >= 0.3 is 0 Å². The van der Waals surface area contributed by atoms with Gasteiger partial charge in [-0.3, -0.25) is 0 Å². The van der Waals surface area contributed by atoms with Crippen molar-refractivity contribution in [3.8, 4) is 0 Å². The van der Waals surface area contributed by atoms with Crippen LogP contribution in [-0.4, -0.2) is 19.0 Å². The summed E-state index contributed by atoms with van der Waals surface area (Å²) in [6, 6.07) is 21.9. The third-order valence-electron chi connectivity index (χ3n) is 6.41. The van der Waals surface area contributed by atoms with E-state index in [4.69, 9.17) is 9.47 Å². The molecule has 2 aliphatic carbocycles. The van der Waals surface area contributed by atoms with E-state index >= 15 is 0 Å². The first kappa shape index (κ1) is 17.8. The number of hydrogen-bond acceptors (Lipinski definition) is 2. The van der Waals surface area contributed by atoms with Crippen LogP contribution in [0.4, 0.5) is 0 Å². The predicted octanol–water partition coefficient (Wildman–Crippen LogP) is 5.75. The molecular weight excluding hydrogens is 320 g/mol. The first-order valence-electron chi connectivity index (χ1n) is 10.2. The summed E-state index contributed by atoms with van der Waals surface area (Å²) in [5, 5.41) is 0. The van der Waals surface area contributed by atoms with Crippen LogP contribution in [0.15, 0.2) is 60.7 Å². The third-order valence-corrected chi connectivity index (χ3v) is 6.41. The summed E-state index contributed by atoms with van der Waals surface area (Å²) in [5.41, 5.74) is 2.73. The summed E-state index contributed by atoms with van der Waals surface area (Å²) in [7, 11) is 0. The van der Waals surface area contributed by atoms with E-state index in [1.807, 2.05) is 0 Å². The molecule has 2 nitrogen and oxygen atoms in total. The average Bonchev–Trinajstić information content (AvgIpc) is 3.22. The van der Waals surface area contributed by atoms with Crippen molar-refractivity contribution < 1.29 is 9.47 Å². The molecule has 4 atom stereocenters. The summed E-state index contributed by atoms with van der Waals surface area (Å²) in [6.45, 7) is 5.54. The molecule has 0 N–H and O–H groups in total. The SMILES string of the molecule is CCOC1(OCC)C(c2ccccc2)C2CCCC2C1c1ccccc1. The molecule has 2 heteroatoms. The van der Waals surface area contributed by atoms with Gasteiger partial charge in [-0.1, -0.05) is 67.1 Å². The lowest BCUT2D eigenvalue weighted by Crippen LogP contribution is -2.45. The Morgan fingerprint density at radius 3 is 1.54 bits per heavy atom. The minimum Gasteiger partial charge on any atom is -0.349 e. The van der Waals surface area contributed by atoms with E-state index in [0.29, 0.717) is 36.9 Å². The van der Waals surface area contributed by atoms with E-state index < -0.39 is 5.79 Å². The van der Waals surface area contributed by atoms with Crippen molar-refractivity contribution in [2.45, 2.75) is 50.7 Å². The highest BCUT2D eigenvalue weighted by Crippen LogP contribution is 2.64. The summed E-state index contributed by atoms with van der Waals surface area (Å²) < 4.78 is 13.2. The second kappa shape index (κ2) is 7.54. The fourth-order valence-electron chi connectivity index (χ4n) is 5.77. The number of hydrogen-bond donors (Lipinski definition) is 0. The van der Waals surface area contributed by atoms with E-state index in [2.05, 4.69) is 74.5 Å². The van der Waals surface area contributed by atoms with Crippen LogP contribution in [0.3, 0.4) is 0 Å². The standard InChI is InChI=1S/C24H30O2/c1-3-25-24(26-4-2)22(18-12-7-5-8-13-18)20-16-11-17-21(20)23(24)19-14-9-6-10-15-19/h5-10,12-15,20-23H,3-4,11,16-17H2,1-2H3. The number of ether oxygens (including phenoxy) is 2. The highest BCUT2D eigenvalue weighted by atomic mass is 16.7. The number of rotatable bonds is 6. The Kier molecular flexibility index (Phi) is 5.15. The van der Waals surface area contributed by atoms with Gasteiger partial charge in [0.05, 0.1) is 0 Å². The van der Waals surface area contributed by atoms with E-state index in [9.17, 15) is 0 Å². The zero-order valence-electron chi connectivity index (χ0n) is 15.9. The van der Waals surface area contributed by atoms with Crippen LogP contribution >= 0.6 is 0 Å². The Morgan fingerprint density at radius 2 is 1.15 bits per heavy atom. The van der Waals surface area contributed by atoms with Crippen LogP contribution in [0.25, 0.3) is 0 Å². The van der Waals surface area contributed by atoms with Gasteiger partial charge in [-0.25, -0.2) is 0 Å². The Morgan fingerprint density at radius 1 is 0.731 bits per heavy atom. The molecule has 0 aromatic heterocycles. The molecule has 138 valence electrons. The molecule has 0 radical (unpaired) electrons. The smallest absolute Gasteiger partial charge is 0.182 e. The highest BCUT2D eigenvalue weighted by Gasteiger charge is 2.63. The first-order valence-corrected chi connectivity index (χ1v) is 10.2. The normalized spacial score (nSPS) is 29.6. The van der Waals surface area contributed by atoms with Gasteiger partial charge in [0.1, 0.15) is 0 Å². The molecule has 26 heavy (non-hydrogen) atoms. The summed E-state index contributed by atoms with van der Waals surface area (Å²) >= 11 is 0. The van der Waals surface area contributed by atoms with Gasteiger partial charge in [0.15, 0.2) is 5.79 Å². The van der Waals surface area contributed by atoms with Gasteiger partial charge in [0, 0.05) is 25.0 Å². The lowest BCUT2D eigenvalue weighted by atomic mass is 9.82. The van der Waals surface area contributed by atoms with Crippen molar-refractivity contribution in [2.24, 2.45) is 11.8 Å². The van der Waals surface area contributed by atoms with Crippen LogP contribution < -0.4 is 0 Å². The van der Waals surface area contributed by atoms with Gasteiger partial charge in [0.2, 0.25) is 0 Å². The summed E-state index contributed by atoms with van der Waals surface area (Å²) in [6.07, 6.45) is 3.86. The maximum Gasteiger partial charge on any atom is 0.182 e. The van der Waals surface area contributed by atoms with E-state index in [1.165, 1.54) is 30.4 Å². The zero-order chi connectivity index (χ0) is 18.0. The van der Waals surface area contributed by atoms with Crippen LogP contribution in [-0.2, 0) is 9.47 Å². The van der Waals surface area contributed by atoms with Crippen molar-refractivity contribution in [1.29, 1.82) is 0 Å². The summed E-state index contributed by atoms with van der Waals surface area (Å²) in [4.78, 5) is 0. The Hall–Kier alpha value is -1.64. The molecule has 2 aliphatic rings. The average molecular weight is 351 g/mol. The Labute approximate surface area is 157 Å². The van der Waals surface area contributed by atoms with Gasteiger partial charge in [0.25, 0.3) is 0 Å². The molecule has 0 aliphatic heterocycles. The van der Waals surface area contributed by atoms with Crippen molar-refractivity contribution in [1.82, 2.24) is 0 Å². The third kappa shape index (κ3) is 2.80. The van der Waals surface area contributed by atoms with Gasteiger partial charge in [-0.2, -0.15) is 0 Å². The number of fused-ring (bicyclic) bond motifs is 1. The van der Waals surface area contributed by atoms with Crippen molar-refractivity contribution >= 4 is 0 Å². The van der Waals surface area contributed by atoms with E-state index in [1.54, 1.807) is 0 Å². The molecule has 2 fully saturated rings. The molecule has 0 amide bonds. The molecule has 2 aromatic carbocycles. The Balaban J connectivity index is 1.88. The minimum atomic E-state index is -0.567. The van der Waals surface area contributed by atoms with Gasteiger partial charge < -0.3 is 9.47 Å². The van der Waals surface area contributed by atoms with Crippen molar-refractivity contribution in [3.63, 3.8) is 0 Å². The molecule has 4 rings (SSSR count). The molecule has 0 heterocycles. The molecule has 4 unspecified atom stereocenters. The number of benzene rings is 2. The van der Waals surface area contributed by atoms with Crippen molar-refractivity contribution in [2.75, 3.05) is 13.2 Å². The lowest BCUT2D eigenvalue weighted by Gasteiger charge is -2.41. The Bertz CT molecular complexity index is 635. The van der Waals surface area contributed by atoms with E-state index in [0.717, 1.165) is 0 Å². The molecular formula is C24H30O2. The van der Waals surface area contributed by atoms with E-state index in [-0.39, 0.29) is 0 Å². The van der Waals surface area contributed by atoms with Gasteiger partial charge in [-0.05, 0) is 49.7 Å². The maximum atomic E-state index is 6.58. The predicted molar refractivity (Wildman–Crippen MR) is 105 cm³/mol. The largest absolute Gasteiger partial charge is 0.349 e. The molecule has 0 spiro atoms. The molecule has 2 saturated carbocycles. The van der Waals surface area contributed by atoms with Crippen LogP contribution in [0, 0.1) is 11.8 Å².